The van der Waals surface area contributed by atoms with Crippen LogP contribution in [0, 0.1) is 5.82 Å². The van der Waals surface area contributed by atoms with Crippen molar-refractivity contribution in [3.8, 4) is 0 Å². The lowest BCUT2D eigenvalue weighted by Gasteiger charge is -2.23. The first-order chi connectivity index (χ1) is 10.3. The predicted octanol–water partition coefficient (Wildman–Crippen LogP) is 3.19. The van der Waals surface area contributed by atoms with Gasteiger partial charge >= 0.3 is 6.18 Å². The van der Waals surface area contributed by atoms with E-state index in [4.69, 9.17) is 11.6 Å². The van der Waals surface area contributed by atoms with Crippen molar-refractivity contribution < 1.29 is 22.4 Å². The van der Waals surface area contributed by atoms with Gasteiger partial charge in [-0.3, -0.25) is 9.69 Å². The summed E-state index contributed by atoms with van der Waals surface area (Å²) in [4.78, 5) is 14.9. The van der Waals surface area contributed by atoms with Crippen molar-refractivity contribution in [1.29, 1.82) is 0 Å². The van der Waals surface area contributed by atoms with Crippen LogP contribution in [0.2, 0.25) is 5.02 Å². The molecule has 1 aromatic rings. The Morgan fingerprint density at radius 2 is 1.91 bits per heavy atom. The van der Waals surface area contributed by atoms with E-state index in [2.05, 4.69) is 0 Å². The average molecular weight is 339 g/mol. The van der Waals surface area contributed by atoms with E-state index < -0.39 is 24.4 Å². The smallest absolute Gasteiger partial charge is 0.337 e. The molecule has 0 spiro atoms. The van der Waals surface area contributed by atoms with Crippen molar-refractivity contribution in [3.05, 3.63) is 34.6 Å². The van der Waals surface area contributed by atoms with Gasteiger partial charge in [-0.05, 0) is 24.6 Å². The molecule has 0 aromatic heterocycles. The third kappa shape index (κ3) is 4.58. The molecule has 0 atom stereocenters. The van der Waals surface area contributed by atoms with Crippen molar-refractivity contribution in [2.75, 3.05) is 32.7 Å². The maximum absolute atomic E-state index is 13.8. The zero-order valence-electron chi connectivity index (χ0n) is 11.7. The van der Waals surface area contributed by atoms with E-state index in [1.807, 2.05) is 0 Å². The Morgan fingerprint density at radius 3 is 2.55 bits per heavy atom. The fourth-order valence-corrected chi connectivity index (χ4v) is 2.58. The highest BCUT2D eigenvalue weighted by atomic mass is 35.5. The quantitative estimate of drug-likeness (QED) is 0.773. The Bertz CT molecular complexity index is 550. The van der Waals surface area contributed by atoms with Gasteiger partial charge in [-0.25, -0.2) is 4.39 Å². The molecule has 3 nitrogen and oxygen atoms in total. The second-order valence-electron chi connectivity index (χ2n) is 5.16. The summed E-state index contributed by atoms with van der Waals surface area (Å²) in [5.41, 5.74) is -0.117. The Morgan fingerprint density at radius 1 is 1.18 bits per heavy atom. The monoisotopic (exact) mass is 338 g/mol. The average Bonchev–Trinajstić information content (AvgIpc) is 2.61. The van der Waals surface area contributed by atoms with Crippen LogP contribution in [0.5, 0.6) is 0 Å². The molecule has 0 aliphatic carbocycles. The number of rotatable bonds is 2. The maximum atomic E-state index is 13.8. The van der Waals surface area contributed by atoms with Crippen molar-refractivity contribution in [3.63, 3.8) is 0 Å². The number of carbonyl (C=O) groups excluding carboxylic acids is 1. The fourth-order valence-electron chi connectivity index (χ4n) is 2.42. The van der Waals surface area contributed by atoms with Crippen molar-refractivity contribution in [2.45, 2.75) is 12.6 Å². The largest absolute Gasteiger partial charge is 0.401 e. The molecular formula is C14H15ClF4N2O. The molecule has 0 radical (unpaired) electrons. The van der Waals surface area contributed by atoms with Crippen LogP contribution >= 0.6 is 11.6 Å². The number of amides is 1. The van der Waals surface area contributed by atoms with Crippen LogP contribution in [0.4, 0.5) is 17.6 Å². The molecule has 8 heteroatoms. The molecule has 1 amide bonds. The minimum Gasteiger partial charge on any atom is -0.337 e. The fraction of sp³-hybridized carbons (Fsp3) is 0.500. The zero-order chi connectivity index (χ0) is 16.3. The van der Waals surface area contributed by atoms with E-state index in [9.17, 15) is 22.4 Å². The standard InChI is InChI=1S/C14H15ClF4N2O/c15-10-2-3-11(12(16)8-10)13(22)21-5-1-4-20(6-7-21)9-14(17,18)19/h2-3,8H,1,4-7,9H2. The first kappa shape index (κ1) is 17.0. The Hall–Kier alpha value is -1.34. The molecule has 0 saturated carbocycles. The number of nitrogens with zero attached hydrogens (tertiary/aromatic N) is 2. The summed E-state index contributed by atoms with van der Waals surface area (Å²) in [6, 6.07) is 3.74. The summed E-state index contributed by atoms with van der Waals surface area (Å²) in [6.45, 7) is -0.191. The molecule has 1 aliphatic rings. The first-order valence-corrected chi connectivity index (χ1v) is 7.17. The number of alkyl halides is 3. The molecule has 2 rings (SSSR count). The van der Waals surface area contributed by atoms with E-state index in [0.717, 1.165) is 6.07 Å². The lowest BCUT2D eigenvalue weighted by Crippen LogP contribution is -2.38. The minimum absolute atomic E-state index is 0.112. The Balaban J connectivity index is 2.03. The topological polar surface area (TPSA) is 23.6 Å². The molecule has 122 valence electrons. The van der Waals surface area contributed by atoms with Gasteiger partial charge in [-0.2, -0.15) is 13.2 Å². The van der Waals surface area contributed by atoms with E-state index in [0.29, 0.717) is 13.0 Å². The van der Waals surface area contributed by atoms with Crippen molar-refractivity contribution >= 4 is 17.5 Å². The summed E-state index contributed by atoms with van der Waals surface area (Å²) in [5.74, 6) is -1.25. The number of carbonyl (C=O) groups is 1. The summed E-state index contributed by atoms with van der Waals surface area (Å²) in [6.07, 6.45) is -3.85. The molecule has 1 aliphatic heterocycles. The van der Waals surface area contributed by atoms with Crippen LogP contribution in [-0.2, 0) is 0 Å². The second-order valence-corrected chi connectivity index (χ2v) is 5.60. The summed E-state index contributed by atoms with van der Waals surface area (Å²) >= 11 is 5.64. The van der Waals surface area contributed by atoms with E-state index in [-0.39, 0.29) is 30.2 Å². The summed E-state index contributed by atoms with van der Waals surface area (Å²) in [5, 5.41) is 0.182. The zero-order valence-corrected chi connectivity index (χ0v) is 12.4. The molecule has 0 bridgehead atoms. The number of halogens is 5. The van der Waals surface area contributed by atoms with Crippen LogP contribution in [0.15, 0.2) is 18.2 Å². The van der Waals surface area contributed by atoms with Crippen molar-refractivity contribution in [1.82, 2.24) is 9.80 Å². The third-order valence-electron chi connectivity index (χ3n) is 3.44. The highest BCUT2D eigenvalue weighted by Crippen LogP contribution is 2.19. The molecule has 1 saturated heterocycles. The molecule has 22 heavy (non-hydrogen) atoms. The summed E-state index contributed by atoms with van der Waals surface area (Å²) < 4.78 is 51.0. The minimum atomic E-state index is -4.26. The van der Waals surface area contributed by atoms with E-state index in [1.54, 1.807) is 0 Å². The second kappa shape index (κ2) is 6.83. The number of hydrogen-bond donors (Lipinski definition) is 0. The highest BCUT2D eigenvalue weighted by molar-refractivity contribution is 6.30. The lowest BCUT2D eigenvalue weighted by molar-refractivity contribution is -0.145. The molecular weight excluding hydrogens is 324 g/mol. The van der Waals surface area contributed by atoms with Gasteiger partial charge in [0.25, 0.3) is 5.91 Å². The van der Waals surface area contributed by atoms with Gasteiger partial charge in [-0.15, -0.1) is 0 Å². The van der Waals surface area contributed by atoms with Crippen LogP contribution in [0.1, 0.15) is 16.8 Å². The van der Waals surface area contributed by atoms with Gasteiger partial charge in [0.2, 0.25) is 0 Å². The molecule has 1 heterocycles. The highest BCUT2D eigenvalue weighted by Gasteiger charge is 2.32. The van der Waals surface area contributed by atoms with Crippen molar-refractivity contribution in [2.24, 2.45) is 0 Å². The molecule has 0 unspecified atom stereocenters. The normalized spacial score (nSPS) is 17.4. The molecule has 1 fully saturated rings. The van der Waals surface area contributed by atoms with Crippen LogP contribution in [-0.4, -0.2) is 54.6 Å². The van der Waals surface area contributed by atoms with Crippen LogP contribution in [0.3, 0.4) is 0 Å². The first-order valence-electron chi connectivity index (χ1n) is 6.80. The van der Waals surface area contributed by atoms with Crippen LogP contribution < -0.4 is 0 Å². The summed E-state index contributed by atoms with van der Waals surface area (Å²) in [7, 11) is 0. The van der Waals surface area contributed by atoms with Gasteiger partial charge in [0.05, 0.1) is 12.1 Å². The predicted molar refractivity (Wildman–Crippen MR) is 74.4 cm³/mol. The molecule has 1 aromatic carbocycles. The van der Waals surface area contributed by atoms with Gasteiger partial charge < -0.3 is 4.90 Å². The van der Waals surface area contributed by atoms with Gasteiger partial charge in [0, 0.05) is 31.2 Å². The van der Waals surface area contributed by atoms with Gasteiger partial charge in [0.1, 0.15) is 5.82 Å². The van der Waals surface area contributed by atoms with Gasteiger partial charge in [-0.1, -0.05) is 11.6 Å². The SMILES string of the molecule is O=C(c1ccc(Cl)cc1F)N1CCCN(CC(F)(F)F)CC1. The Labute approximate surface area is 130 Å². The third-order valence-corrected chi connectivity index (χ3v) is 3.68. The van der Waals surface area contributed by atoms with Gasteiger partial charge in [0.15, 0.2) is 0 Å². The van der Waals surface area contributed by atoms with E-state index in [1.165, 1.54) is 21.9 Å². The van der Waals surface area contributed by atoms with E-state index >= 15 is 0 Å². The molecule has 0 N–H and O–H groups in total. The number of benzene rings is 1. The lowest BCUT2D eigenvalue weighted by atomic mass is 10.2. The van der Waals surface area contributed by atoms with Crippen LogP contribution in [0.25, 0.3) is 0 Å². The maximum Gasteiger partial charge on any atom is 0.401 e. The Kier molecular flexibility index (Phi) is 5.28. The number of hydrogen-bond acceptors (Lipinski definition) is 2.